The summed E-state index contributed by atoms with van der Waals surface area (Å²) < 4.78 is 11.1. The molecule has 0 aliphatic carbocycles. The Morgan fingerprint density at radius 2 is 2.17 bits per heavy atom. The van der Waals surface area contributed by atoms with Crippen LogP contribution in [0.5, 0.6) is 0 Å². The van der Waals surface area contributed by atoms with Gasteiger partial charge in [-0.1, -0.05) is 13.8 Å². The summed E-state index contributed by atoms with van der Waals surface area (Å²) >= 11 is 0. The van der Waals surface area contributed by atoms with Crippen LogP contribution in [0.25, 0.3) is 0 Å². The standard InChI is InChI=1S/C3H9BFN/c1-3(2)6-4-5/h3-4,6H,1-2H3. The molecule has 1 nitrogen and oxygen atoms in total. The van der Waals surface area contributed by atoms with Crippen molar-refractivity contribution in [3.05, 3.63) is 0 Å². The van der Waals surface area contributed by atoms with Crippen molar-refractivity contribution < 1.29 is 4.32 Å². The number of rotatable bonds is 2. The topological polar surface area (TPSA) is 12.0 Å². The van der Waals surface area contributed by atoms with Crippen molar-refractivity contribution in [2.45, 2.75) is 19.9 Å². The molecule has 0 aliphatic rings. The van der Waals surface area contributed by atoms with Gasteiger partial charge in [0.1, 0.15) is 0 Å². The van der Waals surface area contributed by atoms with Crippen molar-refractivity contribution in [2.24, 2.45) is 0 Å². The Hall–Kier alpha value is -0.0451. The fourth-order valence-corrected chi connectivity index (χ4v) is 0.154. The molecular formula is C3H9BFN. The second-order valence-corrected chi connectivity index (χ2v) is 1.49. The van der Waals surface area contributed by atoms with Gasteiger partial charge < -0.3 is 9.54 Å². The van der Waals surface area contributed by atoms with E-state index in [1.54, 1.807) is 0 Å². The molecule has 3 heteroatoms. The first kappa shape index (κ1) is 5.95. The van der Waals surface area contributed by atoms with E-state index in [1.807, 2.05) is 13.8 Å². The van der Waals surface area contributed by atoms with E-state index in [0.29, 0.717) is 0 Å². The predicted molar refractivity (Wildman–Crippen MR) is 26.5 cm³/mol. The normalized spacial score (nSPS) is 9.33. The van der Waals surface area contributed by atoms with E-state index in [4.69, 9.17) is 0 Å². The average molecular weight is 88.9 g/mol. The summed E-state index contributed by atoms with van der Waals surface area (Å²) in [5.74, 6) is 0. The summed E-state index contributed by atoms with van der Waals surface area (Å²) in [6.45, 7) is 3.80. The van der Waals surface area contributed by atoms with E-state index in [0.717, 1.165) is 0 Å². The zero-order valence-corrected chi connectivity index (χ0v) is 4.16. The van der Waals surface area contributed by atoms with Gasteiger partial charge in [-0.3, -0.25) is 0 Å². The molecule has 0 aromatic rings. The lowest BCUT2D eigenvalue weighted by Crippen LogP contribution is -2.23. The summed E-state index contributed by atoms with van der Waals surface area (Å²) in [6, 6.07) is 0.273. The molecule has 36 valence electrons. The van der Waals surface area contributed by atoms with E-state index in [2.05, 4.69) is 5.23 Å². The highest BCUT2D eigenvalue weighted by Crippen LogP contribution is 1.70. The Bertz CT molecular complexity index is 32.0. The molecule has 0 unspecified atom stereocenters. The Balaban J connectivity index is 2.63. The van der Waals surface area contributed by atoms with Crippen molar-refractivity contribution >= 4 is 7.69 Å². The molecule has 0 amide bonds. The lowest BCUT2D eigenvalue weighted by Gasteiger charge is -1.97. The van der Waals surface area contributed by atoms with E-state index < -0.39 is 7.69 Å². The fourth-order valence-electron chi connectivity index (χ4n) is 0.154. The summed E-state index contributed by atoms with van der Waals surface area (Å²) in [5.41, 5.74) is 0. The minimum atomic E-state index is -0.419. The van der Waals surface area contributed by atoms with Crippen LogP contribution in [0.2, 0.25) is 0 Å². The third-order valence-corrected chi connectivity index (χ3v) is 0.485. The number of halogens is 1. The van der Waals surface area contributed by atoms with Crippen LogP contribution >= 0.6 is 0 Å². The van der Waals surface area contributed by atoms with Gasteiger partial charge in [0.2, 0.25) is 0 Å². The van der Waals surface area contributed by atoms with E-state index in [1.165, 1.54) is 0 Å². The van der Waals surface area contributed by atoms with Gasteiger partial charge in [-0.05, 0) is 6.04 Å². The second-order valence-electron chi connectivity index (χ2n) is 1.49. The molecule has 0 aromatic heterocycles. The Kier molecular flexibility index (Phi) is 3.13. The van der Waals surface area contributed by atoms with Gasteiger partial charge in [0.25, 0.3) is 0 Å². The Morgan fingerprint density at radius 3 is 2.17 bits per heavy atom. The largest absolute Gasteiger partial charge is 0.411 e. The molecule has 0 aromatic carbocycles. The zero-order chi connectivity index (χ0) is 4.99. The van der Waals surface area contributed by atoms with Gasteiger partial charge in [-0.2, -0.15) is 0 Å². The second kappa shape index (κ2) is 3.16. The van der Waals surface area contributed by atoms with Gasteiger partial charge in [-0.15, -0.1) is 0 Å². The maximum atomic E-state index is 11.1. The first-order valence-corrected chi connectivity index (χ1v) is 2.06. The van der Waals surface area contributed by atoms with Crippen LogP contribution in [0.15, 0.2) is 0 Å². The summed E-state index contributed by atoms with van der Waals surface area (Å²) in [7, 11) is -0.419. The van der Waals surface area contributed by atoms with Gasteiger partial charge in [0, 0.05) is 0 Å². The highest BCUT2D eigenvalue weighted by Gasteiger charge is 1.87. The maximum Gasteiger partial charge on any atom is 0.411 e. The average Bonchev–Trinajstić information content (AvgIpc) is 1.35. The molecule has 0 aliphatic heterocycles. The molecule has 0 radical (unpaired) electrons. The van der Waals surface area contributed by atoms with Gasteiger partial charge in [0.05, 0.1) is 0 Å². The van der Waals surface area contributed by atoms with E-state index >= 15 is 0 Å². The number of nitrogens with one attached hydrogen (secondary N) is 1. The molecular weight excluding hydrogens is 79.8 g/mol. The summed E-state index contributed by atoms with van der Waals surface area (Å²) in [4.78, 5) is 0. The molecule has 6 heavy (non-hydrogen) atoms. The summed E-state index contributed by atoms with van der Waals surface area (Å²) in [5, 5.41) is 2.54. The maximum absolute atomic E-state index is 11.1. The van der Waals surface area contributed by atoms with Gasteiger partial charge in [-0.25, -0.2) is 0 Å². The molecule has 0 bridgehead atoms. The highest BCUT2D eigenvalue weighted by molar-refractivity contribution is 6.22. The summed E-state index contributed by atoms with van der Waals surface area (Å²) in [6.07, 6.45) is 0. The lowest BCUT2D eigenvalue weighted by atomic mass is 10.2. The molecule has 1 N–H and O–H groups in total. The molecule has 0 saturated heterocycles. The molecule has 0 heterocycles. The predicted octanol–water partition coefficient (Wildman–Crippen LogP) is 0.220. The van der Waals surface area contributed by atoms with Gasteiger partial charge in [0.15, 0.2) is 0 Å². The first-order valence-electron chi connectivity index (χ1n) is 2.06. The highest BCUT2D eigenvalue weighted by atomic mass is 19.1. The van der Waals surface area contributed by atoms with Crippen molar-refractivity contribution in [3.8, 4) is 0 Å². The molecule has 0 rings (SSSR count). The molecule has 0 atom stereocenters. The van der Waals surface area contributed by atoms with Crippen LogP contribution in [0.4, 0.5) is 4.32 Å². The third kappa shape index (κ3) is 3.95. The van der Waals surface area contributed by atoms with Crippen LogP contribution in [0.1, 0.15) is 13.8 Å². The molecule has 0 saturated carbocycles. The van der Waals surface area contributed by atoms with Crippen molar-refractivity contribution in [3.63, 3.8) is 0 Å². The SMILES string of the molecule is CC(C)NBF. The van der Waals surface area contributed by atoms with Crippen LogP contribution in [0, 0.1) is 0 Å². The lowest BCUT2D eigenvalue weighted by molar-refractivity contribution is 0.702. The van der Waals surface area contributed by atoms with Crippen LogP contribution < -0.4 is 5.23 Å². The monoisotopic (exact) mass is 89.1 g/mol. The number of hydrogen-bond donors (Lipinski definition) is 1. The minimum Gasteiger partial charge on any atom is -0.328 e. The smallest absolute Gasteiger partial charge is 0.328 e. The van der Waals surface area contributed by atoms with Crippen LogP contribution in [-0.4, -0.2) is 13.7 Å². The first-order chi connectivity index (χ1) is 2.77. The fraction of sp³-hybridized carbons (Fsp3) is 1.00. The third-order valence-electron chi connectivity index (χ3n) is 0.485. The van der Waals surface area contributed by atoms with Crippen molar-refractivity contribution in [2.75, 3.05) is 0 Å². The van der Waals surface area contributed by atoms with Crippen molar-refractivity contribution in [1.82, 2.24) is 5.23 Å². The van der Waals surface area contributed by atoms with Crippen LogP contribution in [-0.2, 0) is 0 Å². The molecule has 0 spiro atoms. The minimum absolute atomic E-state index is 0.273. The van der Waals surface area contributed by atoms with E-state index in [9.17, 15) is 4.32 Å². The van der Waals surface area contributed by atoms with Crippen LogP contribution in [0.3, 0.4) is 0 Å². The Morgan fingerprint density at radius 1 is 1.67 bits per heavy atom. The molecule has 0 fully saturated rings. The van der Waals surface area contributed by atoms with Gasteiger partial charge >= 0.3 is 7.69 Å². The Labute approximate surface area is 38.2 Å². The quantitative estimate of drug-likeness (QED) is 0.477. The number of hydrogen-bond acceptors (Lipinski definition) is 1. The van der Waals surface area contributed by atoms with E-state index in [-0.39, 0.29) is 6.04 Å². The zero-order valence-electron chi connectivity index (χ0n) is 4.16. The van der Waals surface area contributed by atoms with Crippen molar-refractivity contribution in [1.29, 1.82) is 0 Å².